The van der Waals surface area contributed by atoms with Crippen LogP contribution in [0.1, 0.15) is 45.1 Å². The summed E-state index contributed by atoms with van der Waals surface area (Å²) < 4.78 is 5.01. The summed E-state index contributed by atoms with van der Waals surface area (Å²) in [5, 5.41) is 22.1. The lowest BCUT2D eigenvalue weighted by atomic mass is 10.0. The molecule has 5 nitrogen and oxygen atoms in total. The largest absolute Gasteiger partial charge is 0.504 e. The van der Waals surface area contributed by atoms with Gasteiger partial charge in [0.25, 0.3) is 0 Å². The van der Waals surface area contributed by atoms with Gasteiger partial charge >= 0.3 is 5.97 Å². The molecule has 0 aromatic heterocycles. The van der Waals surface area contributed by atoms with Crippen molar-refractivity contribution in [1.29, 1.82) is 0 Å². The minimum absolute atomic E-state index is 0.0993. The van der Waals surface area contributed by atoms with Crippen LogP contribution < -0.4 is 10.1 Å². The molecule has 124 valence electrons. The highest BCUT2D eigenvalue weighted by molar-refractivity contribution is 5.73. The zero-order valence-electron chi connectivity index (χ0n) is 13.6. The smallest absolute Gasteiger partial charge is 0.320 e. The van der Waals surface area contributed by atoms with E-state index in [-0.39, 0.29) is 11.8 Å². The average molecular weight is 309 g/mol. The molecule has 0 aliphatic carbocycles. The standard InChI is InChI=1S/C17H27NO4/c1-4-5-6-14(17(20)21)18-12(2)7-8-13-9-10-16(22-3)15(19)11-13/h9-12,14,18-19H,4-8H2,1-3H3,(H,20,21). The molecule has 0 fully saturated rings. The molecule has 0 spiro atoms. The van der Waals surface area contributed by atoms with E-state index in [0.29, 0.717) is 12.2 Å². The summed E-state index contributed by atoms with van der Waals surface area (Å²) in [5.41, 5.74) is 1.01. The number of aryl methyl sites for hydroxylation is 1. The molecule has 2 atom stereocenters. The molecule has 1 aromatic rings. The SMILES string of the molecule is CCCCC(NC(C)CCc1ccc(OC)c(O)c1)C(=O)O. The number of aromatic hydroxyl groups is 1. The molecule has 22 heavy (non-hydrogen) atoms. The maximum atomic E-state index is 11.2. The Balaban J connectivity index is 2.49. The van der Waals surface area contributed by atoms with Crippen LogP contribution in [0.25, 0.3) is 0 Å². The molecule has 1 aromatic carbocycles. The second-order valence-electron chi connectivity index (χ2n) is 5.65. The van der Waals surface area contributed by atoms with Gasteiger partial charge in [-0.2, -0.15) is 0 Å². The number of carbonyl (C=O) groups is 1. The van der Waals surface area contributed by atoms with Gasteiger partial charge in [0.05, 0.1) is 7.11 Å². The summed E-state index contributed by atoms with van der Waals surface area (Å²) in [7, 11) is 1.52. The van der Waals surface area contributed by atoms with Crippen LogP contribution in [0.4, 0.5) is 0 Å². The van der Waals surface area contributed by atoms with Gasteiger partial charge in [0.1, 0.15) is 6.04 Å². The van der Waals surface area contributed by atoms with Crippen molar-refractivity contribution in [3.63, 3.8) is 0 Å². The summed E-state index contributed by atoms with van der Waals surface area (Å²) >= 11 is 0. The minimum atomic E-state index is -0.789. The zero-order valence-corrected chi connectivity index (χ0v) is 13.6. The summed E-state index contributed by atoms with van der Waals surface area (Å²) in [4.78, 5) is 11.2. The molecule has 0 heterocycles. The number of aliphatic carboxylic acids is 1. The fourth-order valence-corrected chi connectivity index (χ4v) is 2.39. The molecule has 1 rings (SSSR count). The number of ether oxygens (including phenoxy) is 1. The fraction of sp³-hybridized carbons (Fsp3) is 0.588. The first-order chi connectivity index (χ1) is 10.5. The van der Waals surface area contributed by atoms with E-state index in [4.69, 9.17) is 4.74 Å². The lowest BCUT2D eigenvalue weighted by Crippen LogP contribution is -2.42. The third-order valence-electron chi connectivity index (χ3n) is 3.74. The Morgan fingerprint density at radius 2 is 2.09 bits per heavy atom. The fourth-order valence-electron chi connectivity index (χ4n) is 2.39. The van der Waals surface area contributed by atoms with Crippen LogP contribution in [0.2, 0.25) is 0 Å². The van der Waals surface area contributed by atoms with E-state index < -0.39 is 12.0 Å². The number of unbranched alkanes of at least 4 members (excludes halogenated alkanes) is 1. The second kappa shape index (κ2) is 9.30. The van der Waals surface area contributed by atoms with E-state index in [0.717, 1.165) is 31.2 Å². The number of carboxylic acids is 1. The Kier molecular flexibility index (Phi) is 7.74. The number of phenolic OH excluding ortho intramolecular Hbond substituents is 1. The Hall–Kier alpha value is -1.75. The first kappa shape index (κ1) is 18.3. The molecular formula is C17H27NO4. The molecule has 0 aliphatic rings. The normalized spacial score (nSPS) is 13.6. The van der Waals surface area contributed by atoms with Crippen LogP contribution in [0.5, 0.6) is 11.5 Å². The van der Waals surface area contributed by atoms with E-state index in [1.807, 2.05) is 13.0 Å². The molecule has 0 bridgehead atoms. The number of hydrogen-bond acceptors (Lipinski definition) is 4. The van der Waals surface area contributed by atoms with Gasteiger partial charge in [-0.15, -0.1) is 0 Å². The van der Waals surface area contributed by atoms with Crippen molar-refractivity contribution >= 4 is 5.97 Å². The van der Waals surface area contributed by atoms with Gasteiger partial charge in [0.2, 0.25) is 0 Å². The van der Waals surface area contributed by atoms with Crippen molar-refractivity contribution in [2.24, 2.45) is 0 Å². The maximum Gasteiger partial charge on any atom is 0.320 e. The van der Waals surface area contributed by atoms with Crippen LogP contribution in [0.15, 0.2) is 18.2 Å². The van der Waals surface area contributed by atoms with Gasteiger partial charge in [-0.3, -0.25) is 4.79 Å². The number of carboxylic acid groups (broad SMARTS) is 1. The Bertz CT molecular complexity index is 476. The summed E-state index contributed by atoms with van der Waals surface area (Å²) in [6.07, 6.45) is 4.13. The van der Waals surface area contributed by atoms with Gasteiger partial charge in [0, 0.05) is 6.04 Å². The van der Waals surface area contributed by atoms with E-state index in [9.17, 15) is 15.0 Å². The highest BCUT2D eigenvalue weighted by Gasteiger charge is 2.18. The number of benzene rings is 1. The topological polar surface area (TPSA) is 78.8 Å². The molecule has 2 unspecified atom stereocenters. The van der Waals surface area contributed by atoms with Gasteiger partial charge < -0.3 is 20.3 Å². The number of phenols is 1. The highest BCUT2D eigenvalue weighted by Crippen LogP contribution is 2.26. The van der Waals surface area contributed by atoms with Crippen LogP contribution in [0, 0.1) is 0 Å². The first-order valence-electron chi connectivity index (χ1n) is 7.82. The Morgan fingerprint density at radius 1 is 1.36 bits per heavy atom. The summed E-state index contributed by atoms with van der Waals surface area (Å²) in [6.45, 7) is 4.05. The van der Waals surface area contributed by atoms with Crippen molar-refractivity contribution in [3.8, 4) is 11.5 Å². The highest BCUT2D eigenvalue weighted by atomic mass is 16.5. The van der Waals surface area contributed by atoms with Crippen molar-refractivity contribution < 1.29 is 19.7 Å². The van der Waals surface area contributed by atoms with E-state index in [1.165, 1.54) is 7.11 Å². The number of rotatable bonds is 10. The summed E-state index contributed by atoms with van der Waals surface area (Å²) in [6, 6.07) is 4.96. The van der Waals surface area contributed by atoms with Gasteiger partial charge in [-0.1, -0.05) is 25.8 Å². The van der Waals surface area contributed by atoms with Crippen LogP contribution in [-0.2, 0) is 11.2 Å². The molecule has 0 amide bonds. The van der Waals surface area contributed by atoms with E-state index >= 15 is 0 Å². The predicted octanol–water partition coefficient (Wildman–Crippen LogP) is 2.95. The third-order valence-corrected chi connectivity index (χ3v) is 3.74. The average Bonchev–Trinajstić information content (AvgIpc) is 2.49. The molecule has 0 radical (unpaired) electrons. The van der Waals surface area contributed by atoms with Crippen LogP contribution >= 0.6 is 0 Å². The maximum absolute atomic E-state index is 11.2. The molecular weight excluding hydrogens is 282 g/mol. The van der Waals surface area contributed by atoms with E-state index in [1.54, 1.807) is 12.1 Å². The van der Waals surface area contributed by atoms with Gasteiger partial charge in [0.15, 0.2) is 11.5 Å². The summed E-state index contributed by atoms with van der Waals surface area (Å²) in [5.74, 6) is -0.199. The molecule has 0 saturated heterocycles. The van der Waals surface area contributed by atoms with Crippen molar-refractivity contribution in [1.82, 2.24) is 5.32 Å². The van der Waals surface area contributed by atoms with Crippen LogP contribution in [0.3, 0.4) is 0 Å². The minimum Gasteiger partial charge on any atom is -0.504 e. The van der Waals surface area contributed by atoms with Crippen LogP contribution in [-0.4, -0.2) is 35.4 Å². The Labute approximate surface area is 132 Å². The van der Waals surface area contributed by atoms with Crippen molar-refractivity contribution in [2.75, 3.05) is 7.11 Å². The molecule has 3 N–H and O–H groups in total. The molecule has 5 heteroatoms. The number of hydrogen-bond donors (Lipinski definition) is 3. The van der Waals surface area contributed by atoms with Gasteiger partial charge in [-0.05, 0) is 43.9 Å². The van der Waals surface area contributed by atoms with E-state index in [2.05, 4.69) is 12.2 Å². The Morgan fingerprint density at radius 3 is 2.64 bits per heavy atom. The molecule has 0 aliphatic heterocycles. The lowest BCUT2D eigenvalue weighted by molar-refractivity contribution is -0.139. The zero-order chi connectivity index (χ0) is 16.5. The number of methoxy groups -OCH3 is 1. The molecule has 0 saturated carbocycles. The lowest BCUT2D eigenvalue weighted by Gasteiger charge is -2.20. The monoisotopic (exact) mass is 309 g/mol. The van der Waals surface area contributed by atoms with Crippen molar-refractivity contribution in [3.05, 3.63) is 23.8 Å². The predicted molar refractivity (Wildman–Crippen MR) is 86.5 cm³/mol. The third kappa shape index (κ3) is 5.93. The number of nitrogens with one attached hydrogen (secondary N) is 1. The van der Waals surface area contributed by atoms with Crippen molar-refractivity contribution in [2.45, 2.75) is 58.0 Å². The first-order valence-corrected chi connectivity index (χ1v) is 7.82. The van der Waals surface area contributed by atoms with Gasteiger partial charge in [-0.25, -0.2) is 0 Å². The quantitative estimate of drug-likeness (QED) is 0.619. The second-order valence-corrected chi connectivity index (χ2v) is 5.65.